The quantitative estimate of drug-likeness (QED) is 0.934. The maximum absolute atomic E-state index is 9.74. The van der Waals surface area contributed by atoms with Crippen LogP contribution in [0.2, 0.25) is 0 Å². The van der Waals surface area contributed by atoms with Crippen molar-refractivity contribution in [2.75, 3.05) is 32.2 Å². The monoisotopic (exact) mass is 327 g/mol. The third-order valence-electron chi connectivity index (χ3n) is 4.67. The second-order valence-corrected chi connectivity index (χ2v) is 6.28. The van der Waals surface area contributed by atoms with E-state index in [1.54, 1.807) is 7.11 Å². The van der Waals surface area contributed by atoms with Crippen LogP contribution in [0.3, 0.4) is 0 Å². The standard InChI is InChI=1S/C19H25N3O2/c1-21-17(14-23)8-10-22(13-16-6-4-9-20-19(16)21)12-15-5-3-7-18(11-15)24-2/h3-7,9,11,17,23H,8,10,12-14H2,1-2H3. The van der Waals surface area contributed by atoms with Crippen LogP contribution in [0.1, 0.15) is 17.5 Å². The lowest BCUT2D eigenvalue weighted by atomic mass is 10.1. The van der Waals surface area contributed by atoms with Gasteiger partial charge >= 0.3 is 0 Å². The first-order valence-electron chi connectivity index (χ1n) is 8.34. The van der Waals surface area contributed by atoms with Crippen LogP contribution in [0, 0.1) is 0 Å². The lowest BCUT2D eigenvalue weighted by Crippen LogP contribution is -2.41. The van der Waals surface area contributed by atoms with E-state index in [1.165, 1.54) is 11.1 Å². The van der Waals surface area contributed by atoms with Gasteiger partial charge in [0, 0.05) is 38.4 Å². The Morgan fingerprint density at radius 2 is 2.17 bits per heavy atom. The van der Waals surface area contributed by atoms with Crippen molar-refractivity contribution in [2.45, 2.75) is 25.6 Å². The second kappa shape index (κ2) is 7.64. The first-order chi connectivity index (χ1) is 11.7. The van der Waals surface area contributed by atoms with Crippen molar-refractivity contribution in [3.63, 3.8) is 0 Å². The van der Waals surface area contributed by atoms with Crippen molar-refractivity contribution in [3.8, 4) is 5.75 Å². The molecule has 0 bridgehead atoms. The molecule has 0 saturated heterocycles. The highest BCUT2D eigenvalue weighted by molar-refractivity contribution is 5.47. The normalized spacial score (nSPS) is 18.6. The summed E-state index contributed by atoms with van der Waals surface area (Å²) in [5.41, 5.74) is 2.43. The number of pyridine rings is 1. The minimum Gasteiger partial charge on any atom is -0.497 e. The molecule has 128 valence electrons. The molecule has 0 spiro atoms. The van der Waals surface area contributed by atoms with Gasteiger partial charge in [-0.2, -0.15) is 0 Å². The Kier molecular flexibility index (Phi) is 5.33. The summed E-state index contributed by atoms with van der Waals surface area (Å²) in [6.07, 6.45) is 2.73. The molecule has 3 rings (SSSR count). The highest BCUT2D eigenvalue weighted by Gasteiger charge is 2.23. The van der Waals surface area contributed by atoms with Gasteiger partial charge in [0.25, 0.3) is 0 Å². The molecule has 0 radical (unpaired) electrons. The van der Waals surface area contributed by atoms with Crippen molar-refractivity contribution >= 4 is 5.82 Å². The predicted octanol–water partition coefficient (Wildman–Crippen LogP) is 2.29. The maximum Gasteiger partial charge on any atom is 0.133 e. The van der Waals surface area contributed by atoms with Crippen LogP contribution in [-0.2, 0) is 13.1 Å². The van der Waals surface area contributed by atoms with E-state index in [1.807, 2.05) is 31.4 Å². The fourth-order valence-corrected chi connectivity index (χ4v) is 3.27. The van der Waals surface area contributed by atoms with Crippen LogP contribution >= 0.6 is 0 Å². The molecule has 24 heavy (non-hydrogen) atoms. The summed E-state index contributed by atoms with van der Waals surface area (Å²) in [6, 6.07) is 12.4. The number of likely N-dealkylation sites (N-methyl/N-ethyl adjacent to an activating group) is 1. The molecule has 2 heterocycles. The van der Waals surface area contributed by atoms with Gasteiger partial charge < -0.3 is 14.7 Å². The largest absolute Gasteiger partial charge is 0.497 e. The number of hydrogen-bond acceptors (Lipinski definition) is 5. The maximum atomic E-state index is 9.74. The third kappa shape index (κ3) is 3.68. The molecule has 0 saturated carbocycles. The van der Waals surface area contributed by atoms with Crippen LogP contribution < -0.4 is 9.64 Å². The van der Waals surface area contributed by atoms with E-state index in [0.717, 1.165) is 37.6 Å². The smallest absolute Gasteiger partial charge is 0.133 e. The molecule has 1 aromatic carbocycles. The van der Waals surface area contributed by atoms with Gasteiger partial charge in [-0.25, -0.2) is 4.98 Å². The molecule has 0 aliphatic carbocycles. The first-order valence-corrected chi connectivity index (χ1v) is 8.34. The predicted molar refractivity (Wildman–Crippen MR) is 95.2 cm³/mol. The van der Waals surface area contributed by atoms with E-state index >= 15 is 0 Å². The molecule has 1 atom stereocenters. The molecule has 1 aliphatic heterocycles. The topological polar surface area (TPSA) is 48.8 Å². The molecule has 5 heteroatoms. The first kappa shape index (κ1) is 16.7. The summed E-state index contributed by atoms with van der Waals surface area (Å²) in [7, 11) is 3.71. The highest BCUT2D eigenvalue weighted by atomic mass is 16.5. The molecule has 0 amide bonds. The number of ether oxygens (including phenoxy) is 1. The Balaban J connectivity index is 1.83. The van der Waals surface area contributed by atoms with E-state index in [9.17, 15) is 5.11 Å². The van der Waals surface area contributed by atoms with Crippen molar-refractivity contribution < 1.29 is 9.84 Å². The number of anilines is 1. The molecule has 2 aromatic rings. The Morgan fingerprint density at radius 1 is 1.29 bits per heavy atom. The zero-order chi connectivity index (χ0) is 16.9. The van der Waals surface area contributed by atoms with Gasteiger partial charge in [0.1, 0.15) is 11.6 Å². The third-order valence-corrected chi connectivity index (χ3v) is 4.67. The highest BCUT2D eigenvalue weighted by Crippen LogP contribution is 2.25. The van der Waals surface area contributed by atoms with Crippen LogP contribution in [0.25, 0.3) is 0 Å². The zero-order valence-electron chi connectivity index (χ0n) is 14.4. The molecular formula is C19H25N3O2. The molecule has 1 aliphatic rings. The van der Waals surface area contributed by atoms with Crippen molar-refractivity contribution in [1.82, 2.24) is 9.88 Å². The second-order valence-electron chi connectivity index (χ2n) is 6.28. The summed E-state index contributed by atoms with van der Waals surface area (Å²) in [4.78, 5) is 9.05. The number of methoxy groups -OCH3 is 1. The number of aliphatic hydroxyl groups is 1. The van der Waals surface area contributed by atoms with Gasteiger partial charge in [-0.1, -0.05) is 18.2 Å². The summed E-state index contributed by atoms with van der Waals surface area (Å²) in [5, 5.41) is 9.74. The van der Waals surface area contributed by atoms with Gasteiger partial charge in [0.2, 0.25) is 0 Å². The van der Waals surface area contributed by atoms with Crippen LogP contribution in [0.4, 0.5) is 5.82 Å². The van der Waals surface area contributed by atoms with Gasteiger partial charge in [0.15, 0.2) is 0 Å². The van der Waals surface area contributed by atoms with E-state index in [-0.39, 0.29) is 12.6 Å². The molecule has 5 nitrogen and oxygen atoms in total. The van der Waals surface area contributed by atoms with Gasteiger partial charge in [-0.05, 0) is 30.2 Å². The fourth-order valence-electron chi connectivity index (χ4n) is 3.27. The average Bonchev–Trinajstić information content (AvgIpc) is 2.61. The lowest BCUT2D eigenvalue weighted by molar-refractivity contribution is 0.205. The number of fused-ring (bicyclic) bond motifs is 1. The number of aliphatic hydroxyl groups excluding tert-OH is 1. The lowest BCUT2D eigenvalue weighted by Gasteiger charge is -2.35. The Bertz CT molecular complexity index is 677. The number of rotatable bonds is 4. The van der Waals surface area contributed by atoms with Crippen molar-refractivity contribution in [1.29, 1.82) is 0 Å². The summed E-state index contributed by atoms with van der Waals surface area (Å²) >= 11 is 0. The Morgan fingerprint density at radius 3 is 2.96 bits per heavy atom. The van der Waals surface area contributed by atoms with Crippen LogP contribution in [-0.4, -0.2) is 48.3 Å². The average molecular weight is 327 g/mol. The number of aromatic nitrogens is 1. The summed E-state index contributed by atoms with van der Waals surface area (Å²) in [5.74, 6) is 1.85. The minimum atomic E-state index is 0.0896. The summed E-state index contributed by atoms with van der Waals surface area (Å²) < 4.78 is 5.33. The minimum absolute atomic E-state index is 0.0896. The van der Waals surface area contributed by atoms with E-state index in [2.05, 4.69) is 33.0 Å². The van der Waals surface area contributed by atoms with Crippen molar-refractivity contribution in [2.24, 2.45) is 0 Å². The van der Waals surface area contributed by atoms with Crippen LogP contribution in [0.5, 0.6) is 5.75 Å². The fraction of sp³-hybridized carbons (Fsp3) is 0.421. The summed E-state index contributed by atoms with van der Waals surface area (Å²) in [6.45, 7) is 2.77. The SMILES string of the molecule is COc1cccc(CN2CCC(CO)N(C)c3ncccc3C2)c1. The number of hydrogen-bond donors (Lipinski definition) is 1. The molecule has 1 N–H and O–H groups in total. The number of nitrogens with zero attached hydrogens (tertiary/aromatic N) is 3. The number of benzene rings is 1. The zero-order valence-corrected chi connectivity index (χ0v) is 14.4. The van der Waals surface area contributed by atoms with Gasteiger partial charge in [-0.3, -0.25) is 4.90 Å². The van der Waals surface area contributed by atoms with Crippen molar-refractivity contribution in [3.05, 3.63) is 53.7 Å². The molecule has 1 unspecified atom stereocenters. The molecule has 0 fully saturated rings. The Labute approximate surface area is 143 Å². The molecular weight excluding hydrogens is 302 g/mol. The molecule has 1 aromatic heterocycles. The van der Waals surface area contributed by atoms with Gasteiger partial charge in [0.05, 0.1) is 19.8 Å². The van der Waals surface area contributed by atoms with E-state index in [4.69, 9.17) is 4.74 Å². The van der Waals surface area contributed by atoms with E-state index in [0.29, 0.717) is 0 Å². The van der Waals surface area contributed by atoms with Gasteiger partial charge in [-0.15, -0.1) is 0 Å². The van der Waals surface area contributed by atoms with Crippen LogP contribution in [0.15, 0.2) is 42.6 Å². The Hall–Kier alpha value is -2.11. The van der Waals surface area contributed by atoms with E-state index < -0.39 is 0 Å².